The molecule has 180 valence electrons. The average molecular weight is 490 g/mol. The lowest BCUT2D eigenvalue weighted by molar-refractivity contribution is 0.463. The minimum atomic E-state index is -3.35. The largest absolute Gasteiger partial charge is 0.439 e. The van der Waals surface area contributed by atoms with Gasteiger partial charge in [-0.3, -0.25) is 0 Å². The molecule has 0 spiro atoms. The van der Waals surface area contributed by atoms with Gasteiger partial charge in [0.15, 0.2) is 9.84 Å². The zero-order chi connectivity index (χ0) is 24.3. The summed E-state index contributed by atoms with van der Waals surface area (Å²) in [6.45, 7) is 2.12. The molecule has 2 aromatic heterocycles. The molecule has 8 nitrogen and oxygen atoms in total. The van der Waals surface area contributed by atoms with Crippen LogP contribution in [0.2, 0.25) is 0 Å². The topological polar surface area (TPSA) is 110 Å². The number of anilines is 2. The lowest BCUT2D eigenvalue weighted by Crippen LogP contribution is -2.26. The number of hydrogen-bond acceptors (Lipinski definition) is 8. The molecule has 5 rings (SSSR count). The first-order valence-electron chi connectivity index (χ1n) is 11.6. The van der Waals surface area contributed by atoms with Crippen molar-refractivity contribution >= 4 is 32.2 Å². The van der Waals surface area contributed by atoms with Gasteiger partial charge in [-0.25, -0.2) is 18.4 Å². The van der Waals surface area contributed by atoms with E-state index in [1.54, 1.807) is 24.4 Å². The van der Waals surface area contributed by atoms with Gasteiger partial charge in [0.25, 0.3) is 0 Å². The fourth-order valence-corrected chi connectivity index (χ4v) is 5.67. The van der Waals surface area contributed by atoms with Gasteiger partial charge in [0, 0.05) is 49.0 Å². The van der Waals surface area contributed by atoms with Crippen LogP contribution < -0.4 is 20.7 Å². The van der Waals surface area contributed by atoms with E-state index in [4.69, 9.17) is 15.5 Å². The monoisotopic (exact) mass is 489 g/mol. The van der Waals surface area contributed by atoms with E-state index in [0.29, 0.717) is 42.7 Å². The van der Waals surface area contributed by atoms with Crippen LogP contribution in [0.1, 0.15) is 12.0 Å². The molecule has 0 bridgehead atoms. The van der Waals surface area contributed by atoms with E-state index in [1.807, 2.05) is 53.4 Å². The third kappa shape index (κ3) is 5.06. The quantitative estimate of drug-likeness (QED) is 0.375. The predicted octanol–water partition coefficient (Wildman–Crippen LogP) is 3.98. The summed E-state index contributed by atoms with van der Waals surface area (Å²) in [6.07, 6.45) is 2.50. The summed E-state index contributed by atoms with van der Waals surface area (Å²) in [6, 6.07) is 20.4. The molecule has 0 radical (unpaired) electrons. The number of rotatable bonds is 7. The molecule has 3 heterocycles. The summed E-state index contributed by atoms with van der Waals surface area (Å²) in [7, 11) is -3.35. The molecule has 0 saturated heterocycles. The van der Waals surface area contributed by atoms with Crippen LogP contribution in [0.5, 0.6) is 11.6 Å². The van der Waals surface area contributed by atoms with Gasteiger partial charge in [0.05, 0.1) is 16.2 Å². The normalized spacial score (nSPS) is 14.8. The highest BCUT2D eigenvalue weighted by molar-refractivity contribution is 7.91. The number of aromatic nitrogens is 2. The Hall–Kier alpha value is -3.69. The smallest absolute Gasteiger partial charge is 0.219 e. The maximum atomic E-state index is 12.8. The van der Waals surface area contributed by atoms with Gasteiger partial charge in [-0.15, -0.1) is 0 Å². The molecule has 0 saturated carbocycles. The van der Waals surface area contributed by atoms with Crippen molar-refractivity contribution in [1.82, 2.24) is 9.97 Å². The number of nitrogens with two attached hydrogens (primary N) is 1. The third-order valence-corrected chi connectivity index (χ3v) is 7.73. The van der Waals surface area contributed by atoms with E-state index < -0.39 is 9.84 Å². The lowest BCUT2D eigenvalue weighted by Gasteiger charge is -2.23. The first-order chi connectivity index (χ1) is 17.0. The molecule has 1 aliphatic rings. The van der Waals surface area contributed by atoms with E-state index in [1.165, 1.54) is 0 Å². The molecule has 35 heavy (non-hydrogen) atoms. The van der Waals surface area contributed by atoms with Crippen molar-refractivity contribution in [2.45, 2.75) is 17.9 Å². The molecule has 1 aliphatic heterocycles. The molecule has 4 aromatic rings. The SMILES string of the molecule is NCCCNc1cc(N2CCS(=O)(=O)c3ccccc3C2)nc2ccc(Oc3ccccn3)cc12. The summed E-state index contributed by atoms with van der Waals surface area (Å²) in [5.74, 6) is 1.93. The molecular formula is C26H27N5O3S. The second-order valence-corrected chi connectivity index (χ2v) is 10.5. The predicted molar refractivity (Wildman–Crippen MR) is 138 cm³/mol. The number of pyridine rings is 2. The Bertz CT molecular complexity index is 1440. The number of nitrogens with zero attached hydrogens (tertiary/aromatic N) is 3. The van der Waals surface area contributed by atoms with Crippen molar-refractivity contribution < 1.29 is 13.2 Å². The van der Waals surface area contributed by atoms with Crippen molar-refractivity contribution in [1.29, 1.82) is 0 Å². The summed E-state index contributed by atoms with van der Waals surface area (Å²) in [4.78, 5) is 11.5. The van der Waals surface area contributed by atoms with E-state index in [9.17, 15) is 8.42 Å². The standard InChI is InChI=1S/C26H27N5O3S/c27-11-5-13-28-23-17-25(31-14-15-35(32,33)24-7-2-1-6-19(24)18-31)30-22-10-9-20(16-21(22)23)34-26-8-3-4-12-29-26/h1-4,6-10,12,16-17H,5,11,13-15,18,27H2,(H,28,30). The molecule has 0 amide bonds. The van der Waals surface area contributed by atoms with Gasteiger partial charge in [0.1, 0.15) is 11.6 Å². The Morgan fingerprint density at radius 3 is 2.74 bits per heavy atom. The van der Waals surface area contributed by atoms with E-state index >= 15 is 0 Å². The van der Waals surface area contributed by atoms with Crippen LogP contribution in [0.25, 0.3) is 10.9 Å². The van der Waals surface area contributed by atoms with Crippen molar-refractivity contribution in [3.63, 3.8) is 0 Å². The molecule has 0 aliphatic carbocycles. The molecule has 0 unspecified atom stereocenters. The summed E-state index contributed by atoms with van der Waals surface area (Å²) < 4.78 is 31.6. The highest BCUT2D eigenvalue weighted by atomic mass is 32.2. The van der Waals surface area contributed by atoms with Crippen LogP contribution in [0.15, 0.2) is 77.8 Å². The van der Waals surface area contributed by atoms with Crippen molar-refractivity contribution in [3.05, 3.63) is 78.5 Å². The van der Waals surface area contributed by atoms with Gasteiger partial charge in [-0.1, -0.05) is 24.3 Å². The van der Waals surface area contributed by atoms with E-state index in [0.717, 1.165) is 34.4 Å². The first-order valence-corrected chi connectivity index (χ1v) is 13.2. The highest BCUT2D eigenvalue weighted by Crippen LogP contribution is 2.33. The molecule has 3 N–H and O–H groups in total. The van der Waals surface area contributed by atoms with Crippen molar-refractivity contribution in [3.8, 4) is 11.6 Å². The molecule has 2 aromatic carbocycles. The molecule has 0 atom stereocenters. The fourth-order valence-electron chi connectivity index (χ4n) is 4.17. The highest BCUT2D eigenvalue weighted by Gasteiger charge is 2.26. The Balaban J connectivity index is 1.53. The van der Waals surface area contributed by atoms with Gasteiger partial charge < -0.3 is 20.7 Å². The molecule has 9 heteroatoms. The maximum Gasteiger partial charge on any atom is 0.219 e. The average Bonchev–Trinajstić information content (AvgIpc) is 3.01. The zero-order valence-electron chi connectivity index (χ0n) is 19.2. The third-order valence-electron chi connectivity index (χ3n) is 5.95. The number of fused-ring (bicyclic) bond motifs is 2. The zero-order valence-corrected chi connectivity index (χ0v) is 20.0. The second kappa shape index (κ2) is 9.89. The molecular weight excluding hydrogens is 462 g/mol. The maximum absolute atomic E-state index is 12.8. The van der Waals surface area contributed by atoms with Crippen molar-refractivity contribution in [2.24, 2.45) is 5.73 Å². The molecule has 0 fully saturated rings. The summed E-state index contributed by atoms with van der Waals surface area (Å²) in [5.41, 5.74) is 8.16. The Morgan fingerprint density at radius 2 is 1.91 bits per heavy atom. The second-order valence-electron chi connectivity index (χ2n) is 8.39. The first kappa shape index (κ1) is 23.1. The number of benzene rings is 2. The van der Waals surface area contributed by atoms with Crippen LogP contribution >= 0.6 is 0 Å². The van der Waals surface area contributed by atoms with Gasteiger partial charge >= 0.3 is 0 Å². The Labute approximate surface area is 204 Å². The lowest BCUT2D eigenvalue weighted by atomic mass is 10.1. The van der Waals surface area contributed by atoms with E-state index in [-0.39, 0.29) is 5.75 Å². The fraction of sp³-hybridized carbons (Fsp3) is 0.231. The summed E-state index contributed by atoms with van der Waals surface area (Å²) in [5, 5.41) is 4.38. The number of ether oxygens (including phenoxy) is 1. The Kier molecular flexibility index (Phi) is 6.52. The number of sulfone groups is 1. The van der Waals surface area contributed by atoms with Crippen LogP contribution in [0, 0.1) is 0 Å². The van der Waals surface area contributed by atoms with Crippen LogP contribution in [-0.4, -0.2) is 43.8 Å². The summed E-state index contributed by atoms with van der Waals surface area (Å²) >= 11 is 0. The number of hydrogen-bond donors (Lipinski definition) is 2. The minimum absolute atomic E-state index is 0.0382. The Morgan fingerprint density at radius 1 is 1.06 bits per heavy atom. The minimum Gasteiger partial charge on any atom is -0.439 e. The van der Waals surface area contributed by atoms with Gasteiger partial charge in [-0.05, 0) is 48.9 Å². The van der Waals surface area contributed by atoms with Gasteiger partial charge in [0.2, 0.25) is 5.88 Å². The van der Waals surface area contributed by atoms with Gasteiger partial charge in [-0.2, -0.15) is 0 Å². The van der Waals surface area contributed by atoms with E-state index in [2.05, 4.69) is 10.3 Å². The van der Waals surface area contributed by atoms with Crippen molar-refractivity contribution in [2.75, 3.05) is 35.6 Å². The van der Waals surface area contributed by atoms with Crippen LogP contribution in [0.3, 0.4) is 0 Å². The number of nitrogens with one attached hydrogen (secondary N) is 1. The van der Waals surface area contributed by atoms with Crippen LogP contribution in [0.4, 0.5) is 11.5 Å². The van der Waals surface area contributed by atoms with Crippen LogP contribution in [-0.2, 0) is 16.4 Å².